The van der Waals surface area contributed by atoms with Gasteiger partial charge in [-0.05, 0) is 69.1 Å². The Morgan fingerprint density at radius 2 is 1.82 bits per heavy atom. The number of ketones is 1. The summed E-state index contributed by atoms with van der Waals surface area (Å²) in [6.45, 7) is 7.99. The first-order valence-corrected chi connectivity index (χ1v) is 12.0. The van der Waals surface area contributed by atoms with Crippen LogP contribution in [0.15, 0.2) is 66.7 Å². The Bertz CT molecular complexity index is 1160. The van der Waals surface area contributed by atoms with Crippen molar-refractivity contribution in [3.63, 3.8) is 0 Å². The average Bonchev–Trinajstić information content (AvgIpc) is 3.16. The molecule has 1 saturated heterocycles. The standard InChI is InChI=1S/C28H31ClN2O3/c1-19-8-4-6-10-23(19)27(32)24-13-12-21(16-25(24)29)31-26-11-7-5-9-20(26)14-15-30-17-22-18-33-28(2,3)34-22/h4-13,16,22,30-31H,14-15,17-18H2,1-3H3. The van der Waals surface area contributed by atoms with E-state index < -0.39 is 5.79 Å². The Morgan fingerprint density at radius 3 is 2.56 bits per heavy atom. The van der Waals surface area contributed by atoms with E-state index in [4.69, 9.17) is 21.1 Å². The topological polar surface area (TPSA) is 59.6 Å². The van der Waals surface area contributed by atoms with Crippen molar-refractivity contribution in [1.82, 2.24) is 5.32 Å². The summed E-state index contributed by atoms with van der Waals surface area (Å²) in [5, 5.41) is 7.35. The van der Waals surface area contributed by atoms with Crippen molar-refractivity contribution in [3.05, 3.63) is 94.0 Å². The average molecular weight is 479 g/mol. The first-order valence-electron chi connectivity index (χ1n) is 11.6. The van der Waals surface area contributed by atoms with E-state index in [1.807, 2.05) is 69.3 Å². The molecule has 0 saturated carbocycles. The minimum absolute atomic E-state index is 0.0684. The molecule has 0 aromatic heterocycles. The molecule has 4 rings (SSSR count). The highest BCUT2D eigenvalue weighted by Gasteiger charge is 2.32. The molecular weight excluding hydrogens is 448 g/mol. The molecule has 0 aliphatic carbocycles. The fraction of sp³-hybridized carbons (Fsp3) is 0.321. The molecule has 1 unspecified atom stereocenters. The molecule has 0 amide bonds. The third-order valence-electron chi connectivity index (χ3n) is 5.91. The van der Waals surface area contributed by atoms with Gasteiger partial charge in [0.25, 0.3) is 0 Å². The number of hydrogen-bond donors (Lipinski definition) is 2. The molecule has 1 aliphatic heterocycles. The van der Waals surface area contributed by atoms with Gasteiger partial charge in [0, 0.05) is 29.0 Å². The number of benzene rings is 3. The number of ether oxygens (including phenoxy) is 2. The van der Waals surface area contributed by atoms with E-state index in [2.05, 4.69) is 16.7 Å². The van der Waals surface area contributed by atoms with E-state index in [0.717, 1.165) is 36.4 Å². The Morgan fingerprint density at radius 1 is 1.06 bits per heavy atom. The molecule has 1 aliphatic rings. The summed E-state index contributed by atoms with van der Waals surface area (Å²) in [5.74, 6) is -0.564. The largest absolute Gasteiger partial charge is 0.355 e. The second-order valence-corrected chi connectivity index (χ2v) is 9.43. The third-order valence-corrected chi connectivity index (χ3v) is 6.22. The van der Waals surface area contributed by atoms with Crippen LogP contribution in [0.4, 0.5) is 11.4 Å². The van der Waals surface area contributed by atoms with E-state index in [9.17, 15) is 4.79 Å². The van der Waals surface area contributed by atoms with Gasteiger partial charge >= 0.3 is 0 Å². The zero-order chi connectivity index (χ0) is 24.1. The first kappa shape index (κ1) is 24.4. The molecule has 5 nitrogen and oxygen atoms in total. The van der Waals surface area contributed by atoms with Gasteiger partial charge in [0.2, 0.25) is 0 Å². The fourth-order valence-electron chi connectivity index (χ4n) is 4.12. The van der Waals surface area contributed by atoms with Gasteiger partial charge in [0.1, 0.15) is 0 Å². The van der Waals surface area contributed by atoms with E-state index >= 15 is 0 Å². The van der Waals surface area contributed by atoms with Crippen LogP contribution in [-0.4, -0.2) is 37.4 Å². The quantitative estimate of drug-likeness (QED) is 0.296. The van der Waals surface area contributed by atoms with Crippen molar-refractivity contribution in [3.8, 4) is 0 Å². The summed E-state index contributed by atoms with van der Waals surface area (Å²) in [6.07, 6.45) is 0.934. The van der Waals surface area contributed by atoms with Crippen LogP contribution >= 0.6 is 11.6 Å². The summed E-state index contributed by atoms with van der Waals surface area (Å²) in [6, 6.07) is 21.2. The first-order chi connectivity index (χ1) is 16.3. The Kier molecular flexibility index (Phi) is 7.69. The maximum atomic E-state index is 13.0. The van der Waals surface area contributed by atoms with E-state index in [1.54, 1.807) is 12.1 Å². The van der Waals surface area contributed by atoms with Gasteiger partial charge in [-0.25, -0.2) is 0 Å². The number of anilines is 2. The number of rotatable bonds is 9. The van der Waals surface area contributed by atoms with Gasteiger partial charge in [-0.3, -0.25) is 4.79 Å². The monoisotopic (exact) mass is 478 g/mol. The number of hydrogen-bond acceptors (Lipinski definition) is 5. The number of carbonyl (C=O) groups is 1. The fourth-order valence-corrected chi connectivity index (χ4v) is 4.38. The summed E-state index contributed by atoms with van der Waals surface area (Å²) in [7, 11) is 0. The molecule has 0 radical (unpaired) electrons. The normalized spacial score (nSPS) is 17.0. The molecule has 3 aromatic rings. The second kappa shape index (κ2) is 10.7. The number of para-hydroxylation sites is 1. The molecule has 6 heteroatoms. The molecule has 178 valence electrons. The van der Waals surface area contributed by atoms with Crippen LogP contribution in [0.5, 0.6) is 0 Å². The lowest BCUT2D eigenvalue weighted by Gasteiger charge is -2.17. The second-order valence-electron chi connectivity index (χ2n) is 9.03. The number of carbonyl (C=O) groups excluding carboxylic acids is 1. The highest BCUT2D eigenvalue weighted by atomic mass is 35.5. The zero-order valence-electron chi connectivity index (χ0n) is 19.9. The third kappa shape index (κ3) is 6.05. The molecular formula is C28H31ClN2O3. The van der Waals surface area contributed by atoms with Crippen molar-refractivity contribution in [1.29, 1.82) is 0 Å². The summed E-state index contributed by atoms with van der Waals surface area (Å²) in [5.41, 5.74) is 5.14. The minimum atomic E-state index is -0.496. The highest BCUT2D eigenvalue weighted by Crippen LogP contribution is 2.28. The van der Waals surface area contributed by atoms with Crippen LogP contribution in [0.25, 0.3) is 0 Å². The molecule has 1 heterocycles. The SMILES string of the molecule is Cc1ccccc1C(=O)c1ccc(Nc2ccccc2CCNCC2COC(C)(C)O2)cc1Cl. The molecule has 2 N–H and O–H groups in total. The molecule has 3 aromatic carbocycles. The van der Waals surface area contributed by atoms with Crippen LogP contribution < -0.4 is 10.6 Å². The lowest BCUT2D eigenvalue weighted by Crippen LogP contribution is -2.31. The van der Waals surface area contributed by atoms with Crippen LogP contribution in [0.3, 0.4) is 0 Å². The number of nitrogens with one attached hydrogen (secondary N) is 2. The predicted molar refractivity (Wildman–Crippen MR) is 137 cm³/mol. The van der Waals surface area contributed by atoms with Crippen molar-refractivity contribution >= 4 is 28.8 Å². The highest BCUT2D eigenvalue weighted by molar-refractivity contribution is 6.35. The molecule has 1 fully saturated rings. The van der Waals surface area contributed by atoms with Crippen LogP contribution in [0, 0.1) is 6.92 Å². The Balaban J connectivity index is 1.38. The lowest BCUT2D eigenvalue weighted by molar-refractivity contribution is -0.137. The minimum Gasteiger partial charge on any atom is -0.355 e. The molecule has 0 spiro atoms. The van der Waals surface area contributed by atoms with Crippen molar-refractivity contribution in [2.45, 2.75) is 39.1 Å². The van der Waals surface area contributed by atoms with E-state index in [1.165, 1.54) is 5.56 Å². The molecule has 1 atom stereocenters. The van der Waals surface area contributed by atoms with Crippen LogP contribution in [-0.2, 0) is 15.9 Å². The van der Waals surface area contributed by atoms with E-state index in [0.29, 0.717) is 22.8 Å². The maximum absolute atomic E-state index is 13.0. The molecule has 0 bridgehead atoms. The van der Waals surface area contributed by atoms with E-state index in [-0.39, 0.29) is 11.9 Å². The Labute approximate surface area is 206 Å². The molecule has 34 heavy (non-hydrogen) atoms. The van der Waals surface area contributed by atoms with Gasteiger partial charge in [-0.15, -0.1) is 0 Å². The van der Waals surface area contributed by atoms with Crippen molar-refractivity contribution in [2.24, 2.45) is 0 Å². The van der Waals surface area contributed by atoms with Crippen molar-refractivity contribution in [2.75, 3.05) is 25.0 Å². The van der Waals surface area contributed by atoms with Crippen LogP contribution in [0.2, 0.25) is 5.02 Å². The number of halogens is 1. The van der Waals surface area contributed by atoms with Gasteiger partial charge < -0.3 is 20.1 Å². The van der Waals surface area contributed by atoms with Gasteiger partial charge in [0.05, 0.1) is 17.7 Å². The smallest absolute Gasteiger partial charge is 0.194 e. The van der Waals surface area contributed by atoms with Crippen molar-refractivity contribution < 1.29 is 14.3 Å². The maximum Gasteiger partial charge on any atom is 0.194 e. The van der Waals surface area contributed by atoms with Gasteiger partial charge in [0.15, 0.2) is 11.6 Å². The summed E-state index contributed by atoms with van der Waals surface area (Å²) in [4.78, 5) is 13.0. The van der Waals surface area contributed by atoms with Gasteiger partial charge in [-0.2, -0.15) is 0 Å². The Hall–Kier alpha value is -2.70. The lowest BCUT2D eigenvalue weighted by atomic mass is 9.99. The van der Waals surface area contributed by atoms with Gasteiger partial charge in [-0.1, -0.05) is 54.1 Å². The number of aryl methyl sites for hydroxylation is 1. The summed E-state index contributed by atoms with van der Waals surface area (Å²) >= 11 is 6.52. The zero-order valence-corrected chi connectivity index (χ0v) is 20.6. The summed E-state index contributed by atoms with van der Waals surface area (Å²) < 4.78 is 11.5. The van der Waals surface area contributed by atoms with Crippen LogP contribution in [0.1, 0.15) is 40.9 Å². The predicted octanol–water partition coefficient (Wildman–Crippen LogP) is 5.91.